The molecule has 0 aliphatic carbocycles. The van der Waals surface area contributed by atoms with Crippen LogP contribution in [0.3, 0.4) is 0 Å². The van der Waals surface area contributed by atoms with E-state index in [0.717, 1.165) is 0 Å². The van der Waals surface area contributed by atoms with Gasteiger partial charge in [-0.05, 0) is 13.0 Å². The van der Waals surface area contributed by atoms with Crippen LogP contribution >= 0.6 is 0 Å². The molecule has 5 heteroatoms. The van der Waals surface area contributed by atoms with Crippen LogP contribution in [0.1, 0.15) is 6.92 Å². The fourth-order valence-electron chi connectivity index (χ4n) is 1.57. The minimum Gasteiger partial charge on any atom is -0.385 e. The molecule has 0 saturated carbocycles. The predicted octanol–water partition coefficient (Wildman–Crippen LogP) is 3.08. The van der Waals surface area contributed by atoms with E-state index in [-0.39, 0.29) is 10.9 Å². The second-order valence-electron chi connectivity index (χ2n) is 3.27. The van der Waals surface area contributed by atoms with Gasteiger partial charge in [-0.2, -0.15) is 0 Å². The second-order valence-corrected chi connectivity index (χ2v) is 3.27. The Hall–Kier alpha value is -1.78. The third-order valence-corrected chi connectivity index (χ3v) is 2.23. The van der Waals surface area contributed by atoms with Crippen LogP contribution in [0.25, 0.3) is 10.9 Å². The summed E-state index contributed by atoms with van der Waals surface area (Å²) in [5, 5.41) is 2.68. The zero-order valence-corrected chi connectivity index (χ0v) is 8.52. The largest absolute Gasteiger partial charge is 0.385 e. The van der Waals surface area contributed by atoms with Crippen LogP contribution in [0.5, 0.6) is 0 Å². The highest BCUT2D eigenvalue weighted by Gasteiger charge is 2.15. The van der Waals surface area contributed by atoms with Gasteiger partial charge in [0.2, 0.25) is 0 Å². The maximum Gasteiger partial charge on any atom is 0.170 e. The molecule has 84 valence electrons. The summed E-state index contributed by atoms with van der Waals surface area (Å²) in [7, 11) is 0. The molecular formula is C11H9F3N2. The lowest BCUT2D eigenvalue weighted by atomic mass is 10.1. The summed E-state index contributed by atoms with van der Waals surface area (Å²) in [5.41, 5.74) is 0.167. The molecule has 2 aromatic rings. The van der Waals surface area contributed by atoms with Crippen LogP contribution < -0.4 is 5.32 Å². The van der Waals surface area contributed by atoms with Crippen molar-refractivity contribution in [1.29, 1.82) is 0 Å². The molecule has 1 heterocycles. The minimum atomic E-state index is -1.21. The smallest absolute Gasteiger partial charge is 0.170 e. The van der Waals surface area contributed by atoms with Crippen molar-refractivity contribution < 1.29 is 13.2 Å². The van der Waals surface area contributed by atoms with E-state index < -0.39 is 17.5 Å². The van der Waals surface area contributed by atoms with Crippen molar-refractivity contribution in [3.63, 3.8) is 0 Å². The number of fused-ring (bicyclic) bond motifs is 1. The van der Waals surface area contributed by atoms with Gasteiger partial charge >= 0.3 is 0 Å². The average Bonchev–Trinajstić information content (AvgIpc) is 2.26. The SMILES string of the molecule is CCNc1ccnc2c(F)cc(F)c(F)c12. The van der Waals surface area contributed by atoms with Crippen LogP contribution in [0, 0.1) is 17.5 Å². The number of pyridine rings is 1. The van der Waals surface area contributed by atoms with Gasteiger partial charge in [0.1, 0.15) is 5.52 Å². The zero-order chi connectivity index (χ0) is 11.7. The molecule has 1 aromatic heterocycles. The Morgan fingerprint density at radius 1 is 1.25 bits per heavy atom. The van der Waals surface area contributed by atoms with E-state index in [1.54, 1.807) is 6.92 Å². The summed E-state index contributed by atoms with van der Waals surface area (Å²) < 4.78 is 40.0. The molecule has 1 aromatic carbocycles. The second kappa shape index (κ2) is 4.00. The van der Waals surface area contributed by atoms with E-state index in [0.29, 0.717) is 18.3 Å². The number of hydrogen-bond acceptors (Lipinski definition) is 2. The highest BCUT2D eigenvalue weighted by Crippen LogP contribution is 2.28. The summed E-state index contributed by atoms with van der Waals surface area (Å²) in [6, 6.07) is 1.98. The number of halogens is 3. The molecule has 0 amide bonds. The summed E-state index contributed by atoms with van der Waals surface area (Å²) in [6.45, 7) is 2.33. The van der Waals surface area contributed by atoms with Crippen molar-refractivity contribution in [2.75, 3.05) is 11.9 Å². The average molecular weight is 226 g/mol. The monoisotopic (exact) mass is 226 g/mol. The molecule has 0 bridgehead atoms. The van der Waals surface area contributed by atoms with Crippen LogP contribution in [0.15, 0.2) is 18.3 Å². The molecule has 0 atom stereocenters. The van der Waals surface area contributed by atoms with Crippen molar-refractivity contribution in [3.8, 4) is 0 Å². The van der Waals surface area contributed by atoms with Crippen molar-refractivity contribution in [2.24, 2.45) is 0 Å². The number of nitrogens with one attached hydrogen (secondary N) is 1. The van der Waals surface area contributed by atoms with E-state index in [4.69, 9.17) is 0 Å². The quantitative estimate of drug-likeness (QED) is 0.796. The maximum atomic E-state index is 13.5. The molecule has 0 aliphatic heterocycles. The first-order chi connectivity index (χ1) is 7.65. The van der Waals surface area contributed by atoms with Crippen molar-refractivity contribution in [3.05, 3.63) is 35.8 Å². The van der Waals surface area contributed by atoms with Gasteiger partial charge in [0.25, 0.3) is 0 Å². The van der Waals surface area contributed by atoms with Gasteiger partial charge in [-0.3, -0.25) is 4.98 Å². The van der Waals surface area contributed by atoms with Crippen molar-refractivity contribution in [1.82, 2.24) is 4.98 Å². The highest BCUT2D eigenvalue weighted by molar-refractivity contribution is 5.92. The molecule has 0 radical (unpaired) electrons. The number of aromatic nitrogens is 1. The van der Waals surface area contributed by atoms with Gasteiger partial charge in [-0.25, -0.2) is 13.2 Å². The third kappa shape index (κ3) is 1.58. The number of nitrogens with zero attached hydrogens (tertiary/aromatic N) is 1. The lowest BCUT2D eigenvalue weighted by molar-refractivity contribution is 0.505. The minimum absolute atomic E-state index is 0.151. The maximum absolute atomic E-state index is 13.5. The fraction of sp³-hybridized carbons (Fsp3) is 0.182. The molecule has 0 unspecified atom stereocenters. The molecule has 0 fully saturated rings. The van der Waals surface area contributed by atoms with E-state index in [1.807, 2.05) is 0 Å². The Morgan fingerprint density at radius 2 is 2.00 bits per heavy atom. The highest BCUT2D eigenvalue weighted by atomic mass is 19.2. The standard InChI is InChI=1S/C11H9F3N2/c1-2-15-8-3-4-16-11-7(13)5-6(12)10(14)9(8)11/h3-5H,2H2,1H3,(H,15,16). The summed E-state index contributed by atoms with van der Waals surface area (Å²) >= 11 is 0. The predicted molar refractivity (Wildman–Crippen MR) is 55.8 cm³/mol. The first-order valence-corrected chi connectivity index (χ1v) is 4.81. The topological polar surface area (TPSA) is 24.9 Å². The number of anilines is 1. The van der Waals surface area contributed by atoms with Gasteiger partial charge in [-0.15, -0.1) is 0 Å². The Labute approximate surface area is 90.1 Å². The zero-order valence-electron chi connectivity index (χ0n) is 8.52. The molecule has 2 nitrogen and oxygen atoms in total. The van der Waals surface area contributed by atoms with Crippen LogP contribution in [-0.4, -0.2) is 11.5 Å². The van der Waals surface area contributed by atoms with Gasteiger partial charge in [0, 0.05) is 24.5 Å². The summed E-state index contributed by atoms with van der Waals surface area (Å²) in [4.78, 5) is 3.70. The summed E-state index contributed by atoms with van der Waals surface area (Å²) in [5.74, 6) is -3.16. The molecule has 0 saturated heterocycles. The van der Waals surface area contributed by atoms with Gasteiger partial charge in [0.15, 0.2) is 17.5 Å². The van der Waals surface area contributed by atoms with E-state index in [2.05, 4.69) is 10.3 Å². The van der Waals surface area contributed by atoms with E-state index in [9.17, 15) is 13.2 Å². The first-order valence-electron chi connectivity index (χ1n) is 4.81. The Morgan fingerprint density at radius 3 is 2.69 bits per heavy atom. The molecule has 16 heavy (non-hydrogen) atoms. The number of benzene rings is 1. The number of rotatable bonds is 2. The molecule has 0 spiro atoms. The van der Waals surface area contributed by atoms with Crippen LogP contribution in [0.4, 0.5) is 18.9 Å². The molecule has 0 aliphatic rings. The van der Waals surface area contributed by atoms with Gasteiger partial charge in [0.05, 0.1) is 5.39 Å². The van der Waals surface area contributed by atoms with Gasteiger partial charge in [-0.1, -0.05) is 0 Å². The Bertz CT molecular complexity index is 540. The molecular weight excluding hydrogens is 217 g/mol. The Kier molecular flexibility index (Phi) is 2.68. The van der Waals surface area contributed by atoms with Gasteiger partial charge < -0.3 is 5.32 Å². The lowest BCUT2D eigenvalue weighted by Gasteiger charge is -2.08. The van der Waals surface area contributed by atoms with Crippen molar-refractivity contribution in [2.45, 2.75) is 6.92 Å². The fourth-order valence-corrected chi connectivity index (χ4v) is 1.57. The number of hydrogen-bond donors (Lipinski definition) is 1. The molecule has 2 rings (SSSR count). The van der Waals surface area contributed by atoms with E-state index in [1.165, 1.54) is 12.3 Å². The van der Waals surface area contributed by atoms with Crippen LogP contribution in [0.2, 0.25) is 0 Å². The third-order valence-electron chi connectivity index (χ3n) is 2.23. The van der Waals surface area contributed by atoms with Crippen LogP contribution in [-0.2, 0) is 0 Å². The van der Waals surface area contributed by atoms with Crippen molar-refractivity contribution >= 4 is 16.6 Å². The first kappa shape index (κ1) is 10.7. The summed E-state index contributed by atoms with van der Waals surface area (Å²) in [6.07, 6.45) is 1.35. The molecule has 1 N–H and O–H groups in total. The van der Waals surface area contributed by atoms with E-state index >= 15 is 0 Å². The lowest BCUT2D eigenvalue weighted by Crippen LogP contribution is -2.01. The Balaban J connectivity index is 2.84. The normalized spacial score (nSPS) is 10.8.